The van der Waals surface area contributed by atoms with Crippen LogP contribution in [0.1, 0.15) is 27.9 Å². The SMILES string of the molecule is Cc1ccc(C#N)cc1C(=O)CCCl. The Balaban J connectivity index is 3.07. The summed E-state index contributed by atoms with van der Waals surface area (Å²) in [7, 11) is 0. The summed E-state index contributed by atoms with van der Waals surface area (Å²) in [5.41, 5.74) is 2.00. The largest absolute Gasteiger partial charge is 0.294 e. The van der Waals surface area contributed by atoms with E-state index in [0.29, 0.717) is 23.4 Å². The van der Waals surface area contributed by atoms with Gasteiger partial charge in [-0.1, -0.05) is 6.07 Å². The maximum Gasteiger partial charge on any atom is 0.164 e. The number of halogens is 1. The van der Waals surface area contributed by atoms with Crippen molar-refractivity contribution >= 4 is 17.4 Å². The smallest absolute Gasteiger partial charge is 0.164 e. The summed E-state index contributed by atoms with van der Waals surface area (Å²) in [5, 5.41) is 8.68. The monoisotopic (exact) mass is 207 g/mol. The topological polar surface area (TPSA) is 40.9 Å². The first kappa shape index (κ1) is 10.7. The summed E-state index contributed by atoms with van der Waals surface area (Å²) in [4.78, 5) is 11.5. The zero-order chi connectivity index (χ0) is 10.6. The van der Waals surface area contributed by atoms with Crippen LogP contribution in [0.5, 0.6) is 0 Å². The number of nitriles is 1. The van der Waals surface area contributed by atoms with Crippen LogP contribution in [0.4, 0.5) is 0 Å². The quantitative estimate of drug-likeness (QED) is 0.565. The Morgan fingerprint density at radius 2 is 2.29 bits per heavy atom. The fourth-order valence-corrected chi connectivity index (χ4v) is 1.38. The van der Waals surface area contributed by atoms with Crippen LogP contribution < -0.4 is 0 Å². The third-order valence-corrected chi connectivity index (χ3v) is 2.18. The van der Waals surface area contributed by atoms with Crippen LogP contribution in [0.2, 0.25) is 0 Å². The van der Waals surface area contributed by atoms with Gasteiger partial charge in [0.15, 0.2) is 5.78 Å². The molecular weight excluding hydrogens is 198 g/mol. The second-order valence-corrected chi connectivity index (χ2v) is 3.38. The Hall–Kier alpha value is -1.33. The minimum absolute atomic E-state index is 0.00500. The first-order chi connectivity index (χ1) is 6.69. The van der Waals surface area contributed by atoms with Gasteiger partial charge in [-0.2, -0.15) is 5.26 Å². The van der Waals surface area contributed by atoms with E-state index in [2.05, 4.69) is 0 Å². The van der Waals surface area contributed by atoms with Crippen LogP contribution >= 0.6 is 11.6 Å². The van der Waals surface area contributed by atoms with Crippen LogP contribution in [0.25, 0.3) is 0 Å². The first-order valence-corrected chi connectivity index (χ1v) is 4.82. The van der Waals surface area contributed by atoms with Crippen molar-refractivity contribution in [2.75, 3.05) is 5.88 Å². The summed E-state index contributed by atoms with van der Waals surface area (Å²) < 4.78 is 0. The Morgan fingerprint density at radius 3 is 2.86 bits per heavy atom. The number of alkyl halides is 1. The number of Topliss-reactive ketones (excluding diaryl/α,β-unsaturated/α-hetero) is 1. The number of carbonyl (C=O) groups excluding carboxylic acids is 1. The molecule has 3 heteroatoms. The molecule has 0 aliphatic carbocycles. The molecule has 0 unspecified atom stereocenters. The minimum Gasteiger partial charge on any atom is -0.294 e. The van der Waals surface area contributed by atoms with Crippen LogP contribution in [0.3, 0.4) is 0 Å². The van der Waals surface area contributed by atoms with E-state index in [9.17, 15) is 4.79 Å². The molecule has 0 spiro atoms. The van der Waals surface area contributed by atoms with E-state index in [-0.39, 0.29) is 5.78 Å². The van der Waals surface area contributed by atoms with Gasteiger partial charge in [-0.05, 0) is 24.6 Å². The van der Waals surface area contributed by atoms with Gasteiger partial charge in [0.25, 0.3) is 0 Å². The van der Waals surface area contributed by atoms with Gasteiger partial charge in [-0.15, -0.1) is 11.6 Å². The molecule has 0 heterocycles. The van der Waals surface area contributed by atoms with Gasteiger partial charge in [-0.3, -0.25) is 4.79 Å². The molecular formula is C11H10ClNO. The van der Waals surface area contributed by atoms with Gasteiger partial charge in [0.2, 0.25) is 0 Å². The maximum absolute atomic E-state index is 11.5. The molecule has 0 aliphatic rings. The second-order valence-electron chi connectivity index (χ2n) is 3.00. The molecule has 0 radical (unpaired) electrons. The predicted molar refractivity (Wildman–Crippen MR) is 55.6 cm³/mol. The maximum atomic E-state index is 11.5. The summed E-state index contributed by atoms with van der Waals surface area (Å²) >= 11 is 5.49. The number of nitrogens with zero attached hydrogens (tertiary/aromatic N) is 1. The molecule has 0 fully saturated rings. The van der Waals surface area contributed by atoms with Crippen molar-refractivity contribution in [3.63, 3.8) is 0 Å². The molecule has 1 aromatic rings. The van der Waals surface area contributed by atoms with Gasteiger partial charge in [0.05, 0.1) is 11.6 Å². The number of ketones is 1. The lowest BCUT2D eigenvalue weighted by Crippen LogP contribution is -2.02. The van der Waals surface area contributed by atoms with E-state index < -0.39 is 0 Å². The number of rotatable bonds is 3. The van der Waals surface area contributed by atoms with Gasteiger partial charge in [0.1, 0.15) is 0 Å². The highest BCUT2D eigenvalue weighted by molar-refractivity contribution is 6.19. The fourth-order valence-electron chi connectivity index (χ4n) is 1.21. The number of hydrogen-bond donors (Lipinski definition) is 0. The van der Waals surface area contributed by atoms with Crippen LogP contribution in [-0.4, -0.2) is 11.7 Å². The summed E-state index contributed by atoms with van der Waals surface area (Å²) in [5.74, 6) is 0.310. The lowest BCUT2D eigenvalue weighted by molar-refractivity contribution is 0.0988. The molecule has 0 bridgehead atoms. The first-order valence-electron chi connectivity index (χ1n) is 4.29. The molecule has 1 aromatic carbocycles. The van der Waals surface area contributed by atoms with Crippen LogP contribution in [0.15, 0.2) is 18.2 Å². The van der Waals surface area contributed by atoms with Gasteiger partial charge < -0.3 is 0 Å². The van der Waals surface area contributed by atoms with Crippen molar-refractivity contribution in [3.8, 4) is 6.07 Å². The van der Waals surface area contributed by atoms with Crippen molar-refractivity contribution in [1.82, 2.24) is 0 Å². The molecule has 0 aromatic heterocycles. The molecule has 72 valence electrons. The van der Waals surface area contributed by atoms with Gasteiger partial charge >= 0.3 is 0 Å². The molecule has 2 nitrogen and oxygen atoms in total. The lowest BCUT2D eigenvalue weighted by atomic mass is 10.0. The van der Waals surface area contributed by atoms with Crippen molar-refractivity contribution < 1.29 is 4.79 Å². The van der Waals surface area contributed by atoms with E-state index in [1.807, 2.05) is 13.0 Å². The van der Waals surface area contributed by atoms with Gasteiger partial charge in [-0.25, -0.2) is 0 Å². The van der Waals surface area contributed by atoms with Crippen molar-refractivity contribution in [3.05, 3.63) is 34.9 Å². The van der Waals surface area contributed by atoms with Crippen molar-refractivity contribution in [1.29, 1.82) is 5.26 Å². The molecule has 0 amide bonds. The normalized spacial score (nSPS) is 9.50. The Bertz CT molecular complexity index is 393. The molecule has 0 saturated heterocycles. The molecule has 14 heavy (non-hydrogen) atoms. The molecule has 0 N–H and O–H groups in total. The molecule has 1 rings (SSSR count). The number of benzene rings is 1. The average molecular weight is 208 g/mol. The Kier molecular flexibility index (Phi) is 3.67. The third kappa shape index (κ3) is 2.34. The van der Waals surface area contributed by atoms with Crippen molar-refractivity contribution in [2.24, 2.45) is 0 Å². The lowest BCUT2D eigenvalue weighted by Gasteiger charge is -2.03. The van der Waals surface area contributed by atoms with Crippen LogP contribution in [-0.2, 0) is 0 Å². The third-order valence-electron chi connectivity index (χ3n) is 1.99. The summed E-state index contributed by atoms with van der Waals surface area (Å²) in [6.45, 7) is 1.85. The highest BCUT2D eigenvalue weighted by Gasteiger charge is 2.08. The van der Waals surface area contributed by atoms with Crippen LogP contribution in [0, 0.1) is 18.3 Å². The number of hydrogen-bond acceptors (Lipinski definition) is 2. The fraction of sp³-hybridized carbons (Fsp3) is 0.273. The van der Waals surface area contributed by atoms with E-state index in [0.717, 1.165) is 5.56 Å². The molecule has 0 saturated carbocycles. The van der Waals surface area contributed by atoms with Gasteiger partial charge in [0, 0.05) is 17.9 Å². The van der Waals surface area contributed by atoms with E-state index in [4.69, 9.17) is 16.9 Å². The van der Waals surface area contributed by atoms with E-state index >= 15 is 0 Å². The van der Waals surface area contributed by atoms with E-state index in [1.165, 1.54) is 0 Å². The Labute approximate surface area is 88.1 Å². The highest BCUT2D eigenvalue weighted by Crippen LogP contribution is 2.13. The standard InChI is InChI=1S/C11H10ClNO/c1-8-2-3-9(7-13)6-10(8)11(14)4-5-12/h2-3,6H,4-5H2,1H3. The molecule has 0 aliphatic heterocycles. The number of aryl methyl sites for hydroxylation is 1. The predicted octanol–water partition coefficient (Wildman–Crippen LogP) is 2.68. The zero-order valence-corrected chi connectivity index (χ0v) is 8.64. The summed E-state index contributed by atoms with van der Waals surface area (Å²) in [6.07, 6.45) is 0.317. The van der Waals surface area contributed by atoms with Crippen molar-refractivity contribution in [2.45, 2.75) is 13.3 Å². The number of carbonyl (C=O) groups is 1. The Morgan fingerprint density at radius 1 is 1.57 bits per heavy atom. The highest BCUT2D eigenvalue weighted by atomic mass is 35.5. The van der Waals surface area contributed by atoms with E-state index in [1.54, 1.807) is 18.2 Å². The second kappa shape index (κ2) is 4.78. The molecule has 0 atom stereocenters. The summed E-state index contributed by atoms with van der Waals surface area (Å²) in [6, 6.07) is 7.10. The zero-order valence-electron chi connectivity index (χ0n) is 7.88. The minimum atomic E-state index is -0.00500. The average Bonchev–Trinajstić information content (AvgIpc) is 2.19.